The second-order valence-corrected chi connectivity index (χ2v) is 7.23. The third kappa shape index (κ3) is 3.39. The summed E-state index contributed by atoms with van der Waals surface area (Å²) in [5.41, 5.74) is 3.23. The normalized spacial score (nSPS) is 16.9. The fourth-order valence-electron chi connectivity index (χ4n) is 3.32. The van der Waals surface area contributed by atoms with Crippen molar-refractivity contribution < 1.29 is 18.8 Å². The van der Waals surface area contributed by atoms with Crippen molar-refractivity contribution in [1.82, 2.24) is 5.32 Å². The van der Waals surface area contributed by atoms with Gasteiger partial charge in [0.05, 0.1) is 12.2 Å². The lowest BCUT2D eigenvalue weighted by atomic mass is 9.90. The molecular formula is C21H17ClN2O4. The van der Waals surface area contributed by atoms with Crippen molar-refractivity contribution in [2.24, 2.45) is 0 Å². The quantitative estimate of drug-likeness (QED) is 0.650. The van der Waals surface area contributed by atoms with Gasteiger partial charge in [-0.1, -0.05) is 17.7 Å². The number of piperidine rings is 1. The van der Waals surface area contributed by atoms with E-state index in [1.165, 1.54) is 6.26 Å². The first-order valence-electron chi connectivity index (χ1n) is 8.85. The van der Waals surface area contributed by atoms with Crippen LogP contribution in [0, 0.1) is 6.92 Å². The minimum Gasteiger partial charge on any atom is -0.464 e. The molecule has 3 amide bonds. The Balaban J connectivity index is 1.62. The summed E-state index contributed by atoms with van der Waals surface area (Å²) >= 11 is 6.10. The molecule has 2 aromatic carbocycles. The van der Waals surface area contributed by atoms with Gasteiger partial charge in [0.1, 0.15) is 5.58 Å². The highest BCUT2D eigenvalue weighted by Gasteiger charge is 2.30. The number of carbonyl (C=O) groups is 3. The van der Waals surface area contributed by atoms with Gasteiger partial charge in [-0.3, -0.25) is 19.7 Å². The number of anilines is 1. The third-order valence-electron chi connectivity index (χ3n) is 4.91. The highest BCUT2D eigenvalue weighted by Crippen LogP contribution is 2.34. The van der Waals surface area contributed by atoms with Crippen molar-refractivity contribution in [2.45, 2.75) is 25.7 Å². The molecule has 28 heavy (non-hydrogen) atoms. The zero-order chi connectivity index (χ0) is 19.8. The summed E-state index contributed by atoms with van der Waals surface area (Å²) in [5, 5.41) is 6.46. The van der Waals surface area contributed by atoms with Crippen molar-refractivity contribution in [3.63, 3.8) is 0 Å². The molecule has 1 fully saturated rings. The van der Waals surface area contributed by atoms with Gasteiger partial charge in [0.25, 0.3) is 5.91 Å². The molecule has 1 aliphatic heterocycles. The van der Waals surface area contributed by atoms with Gasteiger partial charge in [-0.15, -0.1) is 0 Å². The highest BCUT2D eigenvalue weighted by molar-refractivity contribution is 6.31. The first-order valence-corrected chi connectivity index (χ1v) is 9.22. The molecule has 2 heterocycles. The molecule has 4 rings (SSSR count). The molecule has 1 aliphatic rings. The number of benzene rings is 2. The Morgan fingerprint density at radius 1 is 1.21 bits per heavy atom. The Hall–Kier alpha value is -3.12. The van der Waals surface area contributed by atoms with Crippen molar-refractivity contribution in [3.8, 4) is 0 Å². The maximum Gasteiger partial charge on any atom is 0.255 e. The fourth-order valence-corrected chi connectivity index (χ4v) is 3.50. The van der Waals surface area contributed by atoms with Gasteiger partial charge in [0, 0.05) is 33.6 Å². The monoisotopic (exact) mass is 396 g/mol. The number of hydrogen-bond acceptors (Lipinski definition) is 4. The summed E-state index contributed by atoms with van der Waals surface area (Å²) in [6.45, 7) is 1.87. The lowest BCUT2D eigenvalue weighted by Crippen LogP contribution is -2.39. The third-order valence-corrected chi connectivity index (χ3v) is 5.32. The number of carbonyl (C=O) groups excluding carboxylic acids is 3. The van der Waals surface area contributed by atoms with Gasteiger partial charge < -0.3 is 9.73 Å². The predicted octanol–water partition coefficient (Wildman–Crippen LogP) is 4.17. The molecule has 0 aliphatic carbocycles. The number of halogens is 1. The van der Waals surface area contributed by atoms with Gasteiger partial charge in [-0.25, -0.2) is 0 Å². The molecule has 0 spiro atoms. The fraction of sp³-hybridized carbons (Fsp3) is 0.190. The van der Waals surface area contributed by atoms with Crippen molar-refractivity contribution in [2.75, 3.05) is 5.32 Å². The molecule has 0 radical (unpaired) electrons. The molecule has 3 aromatic rings. The van der Waals surface area contributed by atoms with Crippen LogP contribution in [0.1, 0.15) is 40.2 Å². The molecule has 7 heteroatoms. The SMILES string of the molecule is Cc1ccc(C(=O)Nc2ccc3occ(C4CCC(=O)NC4=O)c3c2)cc1Cl. The summed E-state index contributed by atoms with van der Waals surface area (Å²) in [6, 6.07) is 10.4. The molecule has 0 saturated carbocycles. The molecule has 6 nitrogen and oxygen atoms in total. The maximum absolute atomic E-state index is 12.5. The summed E-state index contributed by atoms with van der Waals surface area (Å²) in [7, 11) is 0. The zero-order valence-electron chi connectivity index (χ0n) is 15.0. The van der Waals surface area contributed by atoms with E-state index in [1.54, 1.807) is 36.4 Å². The van der Waals surface area contributed by atoms with Crippen LogP contribution in [-0.4, -0.2) is 17.7 Å². The molecule has 2 N–H and O–H groups in total. The first kappa shape index (κ1) is 18.3. The van der Waals surface area contributed by atoms with Crippen LogP contribution in [0.3, 0.4) is 0 Å². The van der Waals surface area contributed by atoms with E-state index in [-0.39, 0.29) is 24.1 Å². The van der Waals surface area contributed by atoms with Crippen LogP contribution in [0.4, 0.5) is 5.69 Å². The average molecular weight is 397 g/mol. The average Bonchev–Trinajstić information content (AvgIpc) is 3.07. The van der Waals surface area contributed by atoms with Crippen molar-refractivity contribution in [3.05, 3.63) is 64.4 Å². The summed E-state index contributed by atoms with van der Waals surface area (Å²) < 4.78 is 5.56. The Morgan fingerprint density at radius 3 is 2.79 bits per heavy atom. The van der Waals surface area contributed by atoms with Crippen molar-refractivity contribution >= 4 is 46.0 Å². The van der Waals surface area contributed by atoms with Gasteiger partial charge >= 0.3 is 0 Å². The van der Waals surface area contributed by atoms with Gasteiger partial charge in [-0.05, 0) is 49.2 Å². The van der Waals surface area contributed by atoms with Crippen LogP contribution in [0.2, 0.25) is 5.02 Å². The maximum atomic E-state index is 12.5. The molecule has 1 unspecified atom stereocenters. The number of amides is 3. The second-order valence-electron chi connectivity index (χ2n) is 6.82. The largest absolute Gasteiger partial charge is 0.464 e. The molecule has 1 aromatic heterocycles. The Labute approximate surface area is 165 Å². The molecule has 1 saturated heterocycles. The van der Waals surface area contributed by atoms with Crippen LogP contribution in [-0.2, 0) is 9.59 Å². The zero-order valence-corrected chi connectivity index (χ0v) is 15.8. The molecular weight excluding hydrogens is 380 g/mol. The van der Waals surface area contributed by atoms with Gasteiger partial charge in [-0.2, -0.15) is 0 Å². The highest BCUT2D eigenvalue weighted by atomic mass is 35.5. The van der Waals surface area contributed by atoms with Gasteiger partial charge in [0.15, 0.2) is 0 Å². The van der Waals surface area contributed by atoms with Crippen LogP contribution < -0.4 is 10.6 Å². The van der Waals surface area contributed by atoms with E-state index < -0.39 is 5.92 Å². The van der Waals surface area contributed by atoms with E-state index in [0.717, 1.165) is 10.9 Å². The second kappa shape index (κ2) is 7.13. The van der Waals surface area contributed by atoms with E-state index in [0.29, 0.717) is 33.8 Å². The lowest BCUT2D eigenvalue weighted by molar-refractivity contribution is -0.134. The smallest absolute Gasteiger partial charge is 0.255 e. The van der Waals surface area contributed by atoms with Crippen molar-refractivity contribution in [1.29, 1.82) is 0 Å². The van der Waals surface area contributed by atoms with Crippen LogP contribution in [0.15, 0.2) is 47.1 Å². The summed E-state index contributed by atoms with van der Waals surface area (Å²) in [4.78, 5) is 36.1. The number of nitrogens with one attached hydrogen (secondary N) is 2. The van der Waals surface area contributed by atoms with E-state index in [1.807, 2.05) is 6.92 Å². The van der Waals surface area contributed by atoms with Crippen LogP contribution >= 0.6 is 11.6 Å². The Bertz CT molecular complexity index is 1120. The summed E-state index contributed by atoms with van der Waals surface area (Å²) in [5.74, 6) is -1.34. The first-order chi connectivity index (χ1) is 13.4. The van der Waals surface area contributed by atoms with Crippen LogP contribution in [0.25, 0.3) is 11.0 Å². The van der Waals surface area contributed by atoms with E-state index in [2.05, 4.69) is 10.6 Å². The topological polar surface area (TPSA) is 88.4 Å². The van der Waals surface area contributed by atoms with E-state index >= 15 is 0 Å². The van der Waals surface area contributed by atoms with E-state index in [4.69, 9.17) is 16.0 Å². The summed E-state index contributed by atoms with van der Waals surface area (Å²) in [6.07, 6.45) is 2.25. The van der Waals surface area contributed by atoms with Gasteiger partial charge in [0.2, 0.25) is 11.8 Å². The molecule has 0 bridgehead atoms. The number of rotatable bonds is 3. The number of hydrogen-bond donors (Lipinski definition) is 2. The predicted molar refractivity (Wildman–Crippen MR) is 105 cm³/mol. The standard InChI is InChI=1S/C21H17ClN2O4/c1-11-2-3-12(8-17(11)22)20(26)23-13-4-6-18-15(9-13)16(10-28-18)14-5-7-19(25)24-21(14)27/h2-4,6,8-10,14H,5,7H2,1H3,(H,23,26)(H,24,25,27). The Morgan fingerprint density at radius 2 is 2.04 bits per heavy atom. The molecule has 1 atom stereocenters. The van der Waals surface area contributed by atoms with E-state index in [9.17, 15) is 14.4 Å². The lowest BCUT2D eigenvalue weighted by Gasteiger charge is -2.20. The minimum absolute atomic E-state index is 0.265. The van der Waals surface area contributed by atoms with Crippen LogP contribution in [0.5, 0.6) is 0 Å². The number of furan rings is 1. The number of fused-ring (bicyclic) bond motifs is 1. The Kier molecular flexibility index (Phi) is 4.65. The molecule has 142 valence electrons. The number of imide groups is 1. The number of aryl methyl sites for hydroxylation is 1. The minimum atomic E-state index is -0.458.